The maximum Gasteiger partial charge on any atom is 0.313 e. The van der Waals surface area contributed by atoms with Crippen molar-refractivity contribution in [2.75, 3.05) is 25.6 Å². The number of rotatable bonds is 5. The molecule has 1 rings (SSSR count). The highest BCUT2D eigenvalue weighted by atomic mass is 16.5. The first-order valence-corrected chi connectivity index (χ1v) is 5.73. The molecule has 0 bridgehead atoms. The summed E-state index contributed by atoms with van der Waals surface area (Å²) in [5.41, 5.74) is 0.999. The second-order valence-electron chi connectivity index (χ2n) is 3.84. The average Bonchev–Trinajstić information content (AvgIpc) is 2.39. The number of hydrogen-bond acceptors (Lipinski definition) is 4. The van der Waals surface area contributed by atoms with Crippen LogP contribution in [0.1, 0.15) is 17.3 Å². The van der Waals surface area contributed by atoms with Crippen LogP contribution in [0.5, 0.6) is 0 Å². The van der Waals surface area contributed by atoms with Gasteiger partial charge in [-0.25, -0.2) is 0 Å². The van der Waals surface area contributed by atoms with Crippen LogP contribution >= 0.6 is 0 Å². The average molecular weight is 264 g/mol. The number of benzene rings is 1. The lowest BCUT2D eigenvalue weighted by atomic mass is 10.1. The summed E-state index contributed by atoms with van der Waals surface area (Å²) in [6, 6.07) is 6.30. The minimum atomic E-state index is -0.758. The molecular formula is C13H16N2O4. The Hall–Kier alpha value is -2.21. The first kappa shape index (κ1) is 14.8. The number of hydrogen-bond donors (Lipinski definition) is 2. The Kier molecular flexibility index (Phi) is 5.69. The van der Waals surface area contributed by atoms with Gasteiger partial charge in [0, 0.05) is 24.9 Å². The maximum atomic E-state index is 11.5. The zero-order valence-electron chi connectivity index (χ0n) is 10.9. The Morgan fingerprint density at radius 3 is 2.26 bits per heavy atom. The van der Waals surface area contributed by atoms with Crippen molar-refractivity contribution in [3.63, 3.8) is 0 Å². The van der Waals surface area contributed by atoms with E-state index in [1.54, 1.807) is 24.3 Å². The lowest BCUT2D eigenvalue weighted by Gasteiger charge is -2.06. The first-order valence-electron chi connectivity index (χ1n) is 5.73. The first-order chi connectivity index (χ1) is 9.04. The van der Waals surface area contributed by atoms with Crippen LogP contribution in [0.4, 0.5) is 5.69 Å². The lowest BCUT2D eigenvalue weighted by Crippen LogP contribution is -2.37. The van der Waals surface area contributed by atoms with E-state index in [1.807, 2.05) is 0 Å². The van der Waals surface area contributed by atoms with Crippen molar-refractivity contribution in [1.82, 2.24) is 5.32 Å². The summed E-state index contributed by atoms with van der Waals surface area (Å²) in [4.78, 5) is 33.9. The number of carbonyl (C=O) groups is 3. The van der Waals surface area contributed by atoms with Crippen LogP contribution in [0.15, 0.2) is 24.3 Å². The Morgan fingerprint density at radius 2 is 1.74 bits per heavy atom. The van der Waals surface area contributed by atoms with E-state index in [9.17, 15) is 14.4 Å². The third kappa shape index (κ3) is 4.89. The summed E-state index contributed by atoms with van der Waals surface area (Å²) < 4.78 is 4.75. The van der Waals surface area contributed by atoms with Crippen LogP contribution < -0.4 is 10.6 Å². The fraction of sp³-hybridized carbons (Fsp3) is 0.308. The van der Waals surface area contributed by atoms with Gasteiger partial charge in [-0.15, -0.1) is 0 Å². The summed E-state index contributed by atoms with van der Waals surface area (Å²) in [5.74, 6) is -1.55. The van der Waals surface area contributed by atoms with Gasteiger partial charge in [0.1, 0.15) is 0 Å². The SMILES string of the molecule is COCCNC(=O)C(=O)Nc1ccc(C(C)=O)cc1. The van der Waals surface area contributed by atoms with Crippen molar-refractivity contribution in [1.29, 1.82) is 0 Å². The Balaban J connectivity index is 2.52. The molecule has 0 aliphatic rings. The second kappa shape index (κ2) is 7.27. The molecule has 0 unspecified atom stereocenters. The predicted octanol–water partition coefficient (Wildman–Crippen LogP) is 0.590. The highest BCUT2D eigenvalue weighted by Crippen LogP contribution is 2.09. The van der Waals surface area contributed by atoms with Crippen molar-refractivity contribution in [2.24, 2.45) is 0 Å². The molecule has 19 heavy (non-hydrogen) atoms. The van der Waals surface area contributed by atoms with Gasteiger partial charge in [0.25, 0.3) is 0 Å². The molecule has 0 radical (unpaired) electrons. The molecule has 1 aromatic rings. The van der Waals surface area contributed by atoms with Crippen LogP contribution in [0.25, 0.3) is 0 Å². The fourth-order valence-corrected chi connectivity index (χ4v) is 1.32. The number of carbonyl (C=O) groups excluding carboxylic acids is 3. The van der Waals surface area contributed by atoms with E-state index in [-0.39, 0.29) is 12.3 Å². The molecule has 2 N–H and O–H groups in total. The third-order valence-electron chi connectivity index (χ3n) is 2.35. The Bertz CT molecular complexity index is 468. The van der Waals surface area contributed by atoms with Gasteiger partial charge in [-0.3, -0.25) is 14.4 Å². The van der Waals surface area contributed by atoms with Gasteiger partial charge in [-0.1, -0.05) is 0 Å². The minimum absolute atomic E-state index is 0.0600. The molecule has 102 valence electrons. The van der Waals surface area contributed by atoms with E-state index >= 15 is 0 Å². The van der Waals surface area contributed by atoms with Gasteiger partial charge in [0.2, 0.25) is 0 Å². The Labute approximate surface area is 111 Å². The molecule has 0 atom stereocenters. The van der Waals surface area contributed by atoms with E-state index in [2.05, 4.69) is 10.6 Å². The quantitative estimate of drug-likeness (QED) is 0.463. The van der Waals surface area contributed by atoms with Crippen molar-refractivity contribution in [3.8, 4) is 0 Å². The number of ketones is 1. The zero-order valence-corrected chi connectivity index (χ0v) is 10.9. The molecular weight excluding hydrogens is 248 g/mol. The monoisotopic (exact) mass is 264 g/mol. The third-order valence-corrected chi connectivity index (χ3v) is 2.35. The van der Waals surface area contributed by atoms with Crippen LogP contribution in [0.3, 0.4) is 0 Å². The second-order valence-corrected chi connectivity index (χ2v) is 3.84. The number of methoxy groups -OCH3 is 1. The highest BCUT2D eigenvalue weighted by molar-refractivity contribution is 6.39. The molecule has 0 saturated carbocycles. The van der Waals surface area contributed by atoms with Crippen LogP contribution in [-0.4, -0.2) is 37.9 Å². The highest BCUT2D eigenvalue weighted by Gasteiger charge is 2.12. The zero-order chi connectivity index (χ0) is 14.3. The summed E-state index contributed by atoms with van der Waals surface area (Å²) >= 11 is 0. The van der Waals surface area contributed by atoms with Crippen LogP contribution in [-0.2, 0) is 14.3 Å². The molecule has 0 aliphatic carbocycles. The maximum absolute atomic E-state index is 11.5. The summed E-state index contributed by atoms with van der Waals surface area (Å²) in [7, 11) is 1.50. The number of ether oxygens (including phenoxy) is 1. The topological polar surface area (TPSA) is 84.5 Å². The summed E-state index contributed by atoms with van der Waals surface area (Å²) in [6.45, 7) is 2.06. The Morgan fingerprint density at radius 1 is 1.11 bits per heavy atom. The molecule has 6 nitrogen and oxygen atoms in total. The molecule has 1 aromatic carbocycles. The van der Waals surface area contributed by atoms with E-state index in [4.69, 9.17) is 4.74 Å². The van der Waals surface area contributed by atoms with E-state index in [0.717, 1.165) is 0 Å². The normalized spacial score (nSPS) is 9.79. The van der Waals surface area contributed by atoms with Gasteiger partial charge in [-0.05, 0) is 31.2 Å². The summed E-state index contributed by atoms with van der Waals surface area (Å²) in [6.07, 6.45) is 0. The molecule has 0 aliphatic heterocycles. The van der Waals surface area contributed by atoms with E-state index in [1.165, 1.54) is 14.0 Å². The van der Waals surface area contributed by atoms with Crippen LogP contribution in [0.2, 0.25) is 0 Å². The molecule has 6 heteroatoms. The fourth-order valence-electron chi connectivity index (χ4n) is 1.32. The van der Waals surface area contributed by atoms with Gasteiger partial charge in [-0.2, -0.15) is 0 Å². The number of anilines is 1. The molecule has 0 heterocycles. The molecule has 0 fully saturated rings. The van der Waals surface area contributed by atoms with Crippen molar-refractivity contribution < 1.29 is 19.1 Å². The van der Waals surface area contributed by atoms with Crippen molar-refractivity contribution in [3.05, 3.63) is 29.8 Å². The van der Waals surface area contributed by atoms with E-state index < -0.39 is 11.8 Å². The number of Topliss-reactive ketones (excluding diaryl/α,β-unsaturated/α-hetero) is 1. The number of nitrogens with one attached hydrogen (secondary N) is 2. The van der Waals surface area contributed by atoms with Crippen molar-refractivity contribution >= 4 is 23.3 Å². The van der Waals surface area contributed by atoms with Gasteiger partial charge in [0.05, 0.1) is 6.61 Å². The molecule has 0 aromatic heterocycles. The standard InChI is InChI=1S/C13H16N2O4/c1-9(16)10-3-5-11(6-4-10)15-13(18)12(17)14-7-8-19-2/h3-6H,7-8H2,1-2H3,(H,14,17)(H,15,18). The van der Waals surface area contributed by atoms with Crippen LogP contribution in [0, 0.1) is 0 Å². The molecule has 0 saturated heterocycles. The van der Waals surface area contributed by atoms with E-state index in [0.29, 0.717) is 17.9 Å². The van der Waals surface area contributed by atoms with Gasteiger partial charge >= 0.3 is 11.8 Å². The number of amides is 2. The minimum Gasteiger partial charge on any atom is -0.383 e. The molecule has 2 amide bonds. The van der Waals surface area contributed by atoms with Crippen molar-refractivity contribution in [2.45, 2.75) is 6.92 Å². The summed E-state index contributed by atoms with van der Waals surface area (Å²) in [5, 5.41) is 4.83. The van der Waals surface area contributed by atoms with Gasteiger partial charge < -0.3 is 15.4 Å². The lowest BCUT2D eigenvalue weighted by molar-refractivity contribution is -0.136. The predicted molar refractivity (Wildman–Crippen MR) is 70.0 cm³/mol. The van der Waals surface area contributed by atoms with Gasteiger partial charge in [0.15, 0.2) is 5.78 Å². The molecule has 0 spiro atoms. The largest absolute Gasteiger partial charge is 0.383 e. The smallest absolute Gasteiger partial charge is 0.313 e.